The second-order valence-electron chi connectivity index (χ2n) is 18.4. The third kappa shape index (κ3) is 19.5. The molecule has 0 saturated carbocycles. The van der Waals surface area contributed by atoms with Crippen molar-refractivity contribution in [3.8, 4) is 63.2 Å². The molecule has 0 fully saturated rings. The van der Waals surface area contributed by atoms with Crippen molar-refractivity contribution < 1.29 is 86.8 Å². The van der Waals surface area contributed by atoms with Gasteiger partial charge in [0, 0.05) is 0 Å². The smallest absolute Gasteiger partial charge is 0.507 e. The number of phenols is 3. The van der Waals surface area contributed by atoms with Gasteiger partial charge in [-0.2, -0.15) is 0 Å². The van der Waals surface area contributed by atoms with Crippen molar-refractivity contribution in [2.24, 2.45) is 0 Å². The first-order chi connectivity index (χ1) is 44.3. The largest absolute Gasteiger partial charge is 0.519 e. The zero-order valence-corrected chi connectivity index (χ0v) is 47.8. The van der Waals surface area contributed by atoms with E-state index in [0.717, 1.165) is 0 Å². The summed E-state index contributed by atoms with van der Waals surface area (Å²) in [4.78, 5) is 85.1. The summed E-state index contributed by atoms with van der Waals surface area (Å²) in [5.74, 6) is -2.37. The lowest BCUT2D eigenvalue weighted by molar-refractivity contribution is 0.0686. The monoisotopic (exact) mass is 1220 g/mol. The molecule has 91 heavy (non-hydrogen) atoms. The van der Waals surface area contributed by atoms with Crippen LogP contribution in [0.15, 0.2) is 297 Å². The van der Waals surface area contributed by atoms with Gasteiger partial charge < -0.3 is 53.2 Å². The molecule has 0 amide bonds. The molecule has 0 aliphatic carbocycles. The number of esters is 6. The summed E-state index contributed by atoms with van der Waals surface area (Å²) >= 11 is 0. The number of para-hydroxylation sites is 11. The number of rotatable bonds is 14. The number of hydrogen-bond acceptors (Lipinski definition) is 18. The minimum absolute atomic E-state index is 0.00808. The fraction of sp³-hybridized carbons (Fsp3) is 0. The first-order valence-corrected chi connectivity index (χ1v) is 27.4. The van der Waals surface area contributed by atoms with Crippen LogP contribution in [0.5, 0.6) is 63.2 Å². The molecule has 0 unspecified atom stereocenters. The van der Waals surface area contributed by atoms with Crippen LogP contribution in [0.3, 0.4) is 0 Å². The van der Waals surface area contributed by atoms with E-state index < -0.39 is 42.0 Å². The summed E-state index contributed by atoms with van der Waals surface area (Å²) in [5, 5.41) is 28.9. The maximum absolute atomic E-state index is 12.4. The second-order valence-corrected chi connectivity index (χ2v) is 18.4. The minimum Gasteiger partial charge on any atom is -0.507 e. The molecule has 11 aromatic rings. The van der Waals surface area contributed by atoms with Crippen LogP contribution >= 0.6 is 0 Å². The minimum atomic E-state index is -0.939. The highest BCUT2D eigenvalue weighted by atomic mass is 16.7. The second kappa shape index (κ2) is 33.0. The van der Waals surface area contributed by atoms with E-state index in [9.17, 15) is 48.9 Å². The van der Waals surface area contributed by atoms with E-state index >= 15 is 0 Å². The fourth-order valence-electron chi connectivity index (χ4n) is 7.72. The number of hydrogen-bond donors (Lipinski definition) is 3. The number of benzene rings is 11. The molecule has 0 aliphatic rings. The quantitative estimate of drug-likeness (QED) is 0.0519. The Labute approximate surface area is 520 Å². The summed E-state index contributed by atoms with van der Waals surface area (Å²) < 4.78 is 41.6. The molecule has 0 spiro atoms. The SMILES string of the molecule is O=C(Oc1ccccc1)Oc1ccccc1C(=O)Oc1ccccc1.O=C(Oc1ccccc1)c1ccccc1O.O=C(Oc1ccccc1C(=O)Oc1ccccc1)c1ccccc1O.O=C(Oc1ccccc1C(=O)Oc1ccccc1)c1ccccc1O. The van der Waals surface area contributed by atoms with Gasteiger partial charge in [0.1, 0.15) is 96.6 Å². The summed E-state index contributed by atoms with van der Waals surface area (Å²) in [7, 11) is 0. The lowest BCUT2D eigenvalue weighted by atomic mass is 10.2. The highest BCUT2D eigenvalue weighted by Gasteiger charge is 2.23. The molecule has 0 heterocycles. The standard InChI is InChI=1S/3C20H14O5.C13H10O3/c21-19(23-15-9-3-1-4-10-15)17-13-7-8-14-18(17)25-20(22)24-16-11-5-2-6-12-16;2*21-17-12-6-4-10-15(17)19(22)25-18-13-7-5-11-16(18)20(23)24-14-8-2-1-3-9-14;14-12-9-5-4-8-11(12)13(15)16-10-6-2-1-3-7-10/h1-14H;2*1-13,21H;1-9,14H. The Hall–Kier alpha value is -13.1. The predicted octanol–water partition coefficient (Wildman–Crippen LogP) is 14.8. The molecule has 11 rings (SSSR count). The normalized spacial score (nSPS) is 9.98. The molecule has 3 N–H and O–H groups in total. The molecule has 452 valence electrons. The van der Waals surface area contributed by atoms with Crippen molar-refractivity contribution >= 4 is 42.0 Å². The van der Waals surface area contributed by atoms with Crippen molar-refractivity contribution in [2.45, 2.75) is 0 Å². The topological polar surface area (TPSA) is 254 Å². The summed E-state index contributed by atoms with van der Waals surface area (Å²) in [6, 6.07) is 80.1. The third-order valence-electron chi connectivity index (χ3n) is 12.1. The van der Waals surface area contributed by atoms with E-state index in [-0.39, 0.29) is 67.9 Å². The van der Waals surface area contributed by atoms with Gasteiger partial charge in [0.2, 0.25) is 0 Å². The van der Waals surface area contributed by atoms with E-state index in [4.69, 9.17) is 37.9 Å². The van der Waals surface area contributed by atoms with Crippen LogP contribution < -0.4 is 37.9 Å². The van der Waals surface area contributed by atoms with Crippen LogP contribution in [-0.2, 0) is 0 Å². The molecule has 0 aromatic heterocycles. The zero-order chi connectivity index (χ0) is 64.2. The Morgan fingerprint density at radius 2 is 0.374 bits per heavy atom. The highest BCUT2D eigenvalue weighted by Crippen LogP contribution is 2.28. The van der Waals surface area contributed by atoms with E-state index in [0.29, 0.717) is 28.7 Å². The average Bonchev–Trinajstić information content (AvgIpc) is 1.67. The van der Waals surface area contributed by atoms with Crippen LogP contribution in [0.1, 0.15) is 62.1 Å². The van der Waals surface area contributed by atoms with E-state index in [2.05, 4.69) is 0 Å². The van der Waals surface area contributed by atoms with E-state index in [1.807, 2.05) is 12.1 Å². The van der Waals surface area contributed by atoms with E-state index in [1.54, 1.807) is 212 Å². The third-order valence-corrected chi connectivity index (χ3v) is 12.1. The molecule has 0 atom stereocenters. The Morgan fingerprint density at radius 3 is 0.637 bits per heavy atom. The summed E-state index contributed by atoms with van der Waals surface area (Å²) in [5.41, 5.74) is 0.510. The molecule has 11 aromatic carbocycles. The van der Waals surface area contributed by atoms with Gasteiger partial charge in [0.25, 0.3) is 0 Å². The lowest BCUT2D eigenvalue weighted by Gasteiger charge is -2.10. The maximum Gasteiger partial charge on any atom is 0.519 e. The molecule has 0 bridgehead atoms. The lowest BCUT2D eigenvalue weighted by Crippen LogP contribution is -2.17. The Kier molecular flexibility index (Phi) is 23.2. The van der Waals surface area contributed by atoms with Gasteiger partial charge >= 0.3 is 42.0 Å². The molecule has 18 heteroatoms. The number of ether oxygens (including phenoxy) is 8. The molecular weight excluding hydrogens is 1160 g/mol. The van der Waals surface area contributed by atoms with Gasteiger partial charge in [-0.25, -0.2) is 33.6 Å². The number of aromatic hydroxyl groups is 3. The van der Waals surface area contributed by atoms with Crippen LogP contribution in [0.25, 0.3) is 0 Å². The van der Waals surface area contributed by atoms with Crippen molar-refractivity contribution in [2.75, 3.05) is 0 Å². The van der Waals surface area contributed by atoms with Crippen molar-refractivity contribution in [3.63, 3.8) is 0 Å². The summed E-state index contributed by atoms with van der Waals surface area (Å²) in [6.45, 7) is 0. The molecule has 0 aliphatic heterocycles. The van der Waals surface area contributed by atoms with Crippen LogP contribution in [0.4, 0.5) is 4.79 Å². The molecule has 0 saturated heterocycles. The van der Waals surface area contributed by atoms with Crippen molar-refractivity contribution in [1.29, 1.82) is 0 Å². The maximum atomic E-state index is 12.4. The number of phenolic OH excluding ortho intramolecular Hbond substituents is 3. The number of carbonyl (C=O) groups excluding carboxylic acids is 7. The van der Waals surface area contributed by atoms with Crippen molar-refractivity contribution in [1.82, 2.24) is 0 Å². The van der Waals surface area contributed by atoms with Gasteiger partial charge in [-0.15, -0.1) is 0 Å². The fourth-order valence-corrected chi connectivity index (χ4v) is 7.72. The first kappa shape index (κ1) is 63.9. The van der Waals surface area contributed by atoms with Crippen LogP contribution in [0, 0.1) is 0 Å². The van der Waals surface area contributed by atoms with Crippen LogP contribution in [0.2, 0.25) is 0 Å². The van der Waals surface area contributed by atoms with Gasteiger partial charge in [0.15, 0.2) is 0 Å². The highest BCUT2D eigenvalue weighted by molar-refractivity contribution is 6.00. The van der Waals surface area contributed by atoms with Crippen molar-refractivity contribution in [3.05, 3.63) is 331 Å². The molecular formula is C73H52O18. The first-order valence-electron chi connectivity index (χ1n) is 27.4. The number of carbonyl (C=O) groups is 7. The summed E-state index contributed by atoms with van der Waals surface area (Å²) in [6.07, 6.45) is -0.939. The van der Waals surface area contributed by atoms with E-state index in [1.165, 1.54) is 72.8 Å². The van der Waals surface area contributed by atoms with Gasteiger partial charge in [-0.1, -0.05) is 164 Å². The Morgan fingerprint density at radius 1 is 0.187 bits per heavy atom. The Bertz CT molecular complexity index is 4080. The predicted molar refractivity (Wildman–Crippen MR) is 332 cm³/mol. The van der Waals surface area contributed by atoms with Gasteiger partial charge in [0.05, 0.1) is 0 Å². The molecule has 0 radical (unpaired) electrons. The average molecular weight is 1220 g/mol. The van der Waals surface area contributed by atoms with Gasteiger partial charge in [-0.3, -0.25) is 0 Å². The van der Waals surface area contributed by atoms with Gasteiger partial charge in [-0.05, 0) is 133 Å². The zero-order valence-electron chi connectivity index (χ0n) is 47.8. The van der Waals surface area contributed by atoms with Crippen LogP contribution in [-0.4, -0.2) is 57.3 Å². The Balaban J connectivity index is 0.000000158. The molecule has 18 nitrogen and oxygen atoms in total.